The lowest BCUT2D eigenvalue weighted by molar-refractivity contribution is -0.113. The van der Waals surface area contributed by atoms with Gasteiger partial charge in [-0.2, -0.15) is 0 Å². The van der Waals surface area contributed by atoms with Gasteiger partial charge in [-0.15, -0.1) is 0 Å². The van der Waals surface area contributed by atoms with Crippen LogP contribution in [0, 0.1) is 5.41 Å². The van der Waals surface area contributed by atoms with E-state index in [2.05, 4.69) is 11.8 Å². The van der Waals surface area contributed by atoms with Crippen molar-refractivity contribution in [1.82, 2.24) is 4.90 Å². The molecule has 19 heavy (non-hydrogen) atoms. The highest BCUT2D eigenvalue weighted by Gasteiger charge is 2.43. The summed E-state index contributed by atoms with van der Waals surface area (Å²) in [6.07, 6.45) is 8.89. The molecule has 1 heterocycles. The molecular formula is C15H20ClNO2. The second-order valence-corrected chi connectivity index (χ2v) is 5.71. The van der Waals surface area contributed by atoms with E-state index in [0.717, 1.165) is 30.2 Å². The molecule has 0 spiro atoms. The Morgan fingerprint density at radius 2 is 2.32 bits per heavy atom. The van der Waals surface area contributed by atoms with Crippen LogP contribution in [0.1, 0.15) is 20.3 Å². The molecule has 0 saturated carbocycles. The molecule has 104 valence electrons. The molecule has 2 rings (SSSR count). The van der Waals surface area contributed by atoms with E-state index in [1.807, 2.05) is 24.4 Å². The SMILES string of the molecule is COCCCN1C=C(Cl)[C@]2(C)C=CC(C(C)=O)=CC12. The quantitative estimate of drug-likeness (QED) is 0.726. The van der Waals surface area contributed by atoms with Crippen LogP contribution in [0.3, 0.4) is 0 Å². The zero-order chi connectivity index (χ0) is 14.0. The summed E-state index contributed by atoms with van der Waals surface area (Å²) in [5, 5.41) is 0.824. The number of ether oxygens (including phenoxy) is 1. The molecule has 4 heteroatoms. The Balaban J connectivity index is 2.19. The smallest absolute Gasteiger partial charge is 0.159 e. The summed E-state index contributed by atoms with van der Waals surface area (Å²) in [5.41, 5.74) is 0.548. The summed E-state index contributed by atoms with van der Waals surface area (Å²) in [4.78, 5) is 13.7. The number of carbonyl (C=O) groups is 1. The van der Waals surface area contributed by atoms with Crippen molar-refractivity contribution in [3.8, 4) is 0 Å². The molecule has 1 aliphatic carbocycles. The molecule has 1 aliphatic heterocycles. The maximum absolute atomic E-state index is 11.5. The van der Waals surface area contributed by atoms with Gasteiger partial charge in [0.05, 0.1) is 6.04 Å². The fraction of sp³-hybridized carbons (Fsp3) is 0.533. The third-order valence-corrected chi connectivity index (χ3v) is 4.39. The number of methoxy groups -OCH3 is 1. The van der Waals surface area contributed by atoms with Crippen molar-refractivity contribution in [3.05, 3.63) is 35.0 Å². The van der Waals surface area contributed by atoms with Gasteiger partial charge in [-0.1, -0.05) is 29.8 Å². The second-order valence-electron chi connectivity index (χ2n) is 5.30. The van der Waals surface area contributed by atoms with Gasteiger partial charge in [-0.05, 0) is 20.3 Å². The van der Waals surface area contributed by atoms with Gasteiger partial charge in [0, 0.05) is 42.5 Å². The number of carbonyl (C=O) groups excluding carboxylic acids is 1. The summed E-state index contributed by atoms with van der Waals surface area (Å²) in [5.74, 6) is 0.0955. The van der Waals surface area contributed by atoms with Gasteiger partial charge in [0.25, 0.3) is 0 Å². The molecule has 0 aromatic carbocycles. The minimum atomic E-state index is -0.215. The normalized spacial score (nSPS) is 29.1. The van der Waals surface area contributed by atoms with E-state index in [1.165, 1.54) is 0 Å². The lowest BCUT2D eigenvalue weighted by atomic mass is 9.78. The van der Waals surface area contributed by atoms with Crippen LogP contribution in [0.4, 0.5) is 0 Å². The molecule has 0 fully saturated rings. The highest BCUT2D eigenvalue weighted by Crippen LogP contribution is 2.46. The summed E-state index contributed by atoms with van der Waals surface area (Å²) >= 11 is 6.38. The number of nitrogens with zero attached hydrogens (tertiary/aromatic N) is 1. The molecule has 0 N–H and O–H groups in total. The minimum Gasteiger partial charge on any atom is -0.385 e. The summed E-state index contributed by atoms with van der Waals surface area (Å²) in [6.45, 7) is 5.30. The van der Waals surface area contributed by atoms with Gasteiger partial charge in [0.2, 0.25) is 0 Å². The largest absolute Gasteiger partial charge is 0.385 e. The standard InChI is InChI=1S/C15H20ClNO2/c1-11(18)12-5-6-15(2)13(16)10-17(14(15)9-12)7-4-8-19-3/h5-6,9-10,14H,4,7-8H2,1-3H3/t14?,15-/m0/s1. The van der Waals surface area contributed by atoms with Crippen LogP contribution in [0.15, 0.2) is 35.0 Å². The molecule has 2 aliphatic rings. The number of ketones is 1. The van der Waals surface area contributed by atoms with E-state index in [1.54, 1.807) is 14.0 Å². The predicted octanol–water partition coefficient (Wildman–Crippen LogP) is 2.88. The monoisotopic (exact) mass is 281 g/mol. The Hall–Kier alpha value is -1.06. The van der Waals surface area contributed by atoms with Gasteiger partial charge < -0.3 is 9.64 Å². The average molecular weight is 282 g/mol. The maximum atomic E-state index is 11.5. The van der Waals surface area contributed by atoms with Crippen molar-refractivity contribution in [3.63, 3.8) is 0 Å². The van der Waals surface area contributed by atoms with E-state index in [0.29, 0.717) is 0 Å². The van der Waals surface area contributed by atoms with Crippen LogP contribution in [0.25, 0.3) is 0 Å². The van der Waals surface area contributed by atoms with Gasteiger partial charge in [0.1, 0.15) is 0 Å². The molecule has 0 saturated heterocycles. The van der Waals surface area contributed by atoms with Gasteiger partial charge >= 0.3 is 0 Å². The molecule has 2 atom stereocenters. The highest BCUT2D eigenvalue weighted by atomic mass is 35.5. The van der Waals surface area contributed by atoms with E-state index >= 15 is 0 Å². The van der Waals surface area contributed by atoms with Gasteiger partial charge in [-0.3, -0.25) is 4.79 Å². The third-order valence-electron chi connectivity index (χ3n) is 3.88. The van der Waals surface area contributed by atoms with E-state index < -0.39 is 0 Å². The predicted molar refractivity (Wildman–Crippen MR) is 76.9 cm³/mol. The van der Waals surface area contributed by atoms with Crippen molar-refractivity contribution >= 4 is 17.4 Å². The Bertz CT molecular complexity index is 467. The molecule has 3 nitrogen and oxygen atoms in total. The zero-order valence-electron chi connectivity index (χ0n) is 11.6. The first kappa shape index (κ1) is 14.4. The molecule has 0 amide bonds. The Labute approximate surface area is 119 Å². The number of hydrogen-bond acceptors (Lipinski definition) is 3. The van der Waals surface area contributed by atoms with E-state index in [4.69, 9.17) is 16.3 Å². The topological polar surface area (TPSA) is 29.5 Å². The molecule has 0 aromatic rings. The van der Waals surface area contributed by atoms with Crippen LogP contribution in [-0.4, -0.2) is 37.0 Å². The molecule has 0 bridgehead atoms. The van der Waals surface area contributed by atoms with Crippen LogP contribution < -0.4 is 0 Å². The molecule has 0 aromatic heterocycles. The maximum Gasteiger partial charge on any atom is 0.159 e. The first-order valence-electron chi connectivity index (χ1n) is 6.53. The molecule has 1 unspecified atom stereocenters. The number of fused-ring (bicyclic) bond motifs is 1. The van der Waals surface area contributed by atoms with E-state index in [-0.39, 0.29) is 17.2 Å². The summed E-state index contributed by atoms with van der Waals surface area (Å²) in [7, 11) is 1.70. The number of allylic oxidation sites excluding steroid dienone is 2. The summed E-state index contributed by atoms with van der Waals surface area (Å²) < 4.78 is 5.09. The fourth-order valence-corrected chi connectivity index (χ4v) is 2.92. The van der Waals surface area contributed by atoms with E-state index in [9.17, 15) is 4.79 Å². The van der Waals surface area contributed by atoms with Crippen LogP contribution in [-0.2, 0) is 9.53 Å². The Morgan fingerprint density at radius 1 is 1.58 bits per heavy atom. The first-order chi connectivity index (χ1) is 8.99. The number of hydrogen-bond donors (Lipinski definition) is 0. The number of rotatable bonds is 5. The van der Waals surface area contributed by atoms with Crippen LogP contribution in [0.2, 0.25) is 0 Å². The van der Waals surface area contributed by atoms with Crippen molar-refractivity contribution in [1.29, 1.82) is 0 Å². The second kappa shape index (κ2) is 5.51. The lowest BCUT2D eigenvalue weighted by Gasteiger charge is -2.35. The molecular weight excluding hydrogens is 262 g/mol. The Kier molecular flexibility index (Phi) is 4.16. The van der Waals surface area contributed by atoms with Crippen molar-refractivity contribution in [2.24, 2.45) is 5.41 Å². The third kappa shape index (κ3) is 2.63. The lowest BCUT2D eigenvalue weighted by Crippen LogP contribution is -2.39. The fourth-order valence-electron chi connectivity index (χ4n) is 2.62. The van der Waals surface area contributed by atoms with Gasteiger partial charge in [-0.25, -0.2) is 0 Å². The van der Waals surface area contributed by atoms with Crippen molar-refractivity contribution in [2.75, 3.05) is 20.3 Å². The highest BCUT2D eigenvalue weighted by molar-refractivity contribution is 6.30. The van der Waals surface area contributed by atoms with Crippen molar-refractivity contribution in [2.45, 2.75) is 26.3 Å². The number of halogens is 1. The van der Waals surface area contributed by atoms with Crippen LogP contribution >= 0.6 is 11.6 Å². The average Bonchev–Trinajstić information content (AvgIpc) is 2.61. The summed E-state index contributed by atoms with van der Waals surface area (Å²) in [6, 6.07) is 0.126. The van der Waals surface area contributed by atoms with Crippen LogP contribution in [0.5, 0.6) is 0 Å². The minimum absolute atomic E-state index is 0.0955. The van der Waals surface area contributed by atoms with Gasteiger partial charge in [0.15, 0.2) is 5.78 Å². The molecule has 0 radical (unpaired) electrons. The number of Topliss-reactive ketones (excluding diaryl/α,β-unsaturated/α-hetero) is 1. The Morgan fingerprint density at radius 3 is 2.95 bits per heavy atom. The first-order valence-corrected chi connectivity index (χ1v) is 6.91. The van der Waals surface area contributed by atoms with Crippen molar-refractivity contribution < 1.29 is 9.53 Å². The zero-order valence-corrected chi connectivity index (χ0v) is 12.4.